The van der Waals surface area contributed by atoms with E-state index in [1.54, 1.807) is 13.2 Å². The van der Waals surface area contributed by atoms with Crippen LogP contribution in [0.15, 0.2) is 46.9 Å². The quantitative estimate of drug-likeness (QED) is 0.929. The fourth-order valence-electron chi connectivity index (χ4n) is 1.57. The fourth-order valence-corrected chi connectivity index (χ4v) is 1.93. The van der Waals surface area contributed by atoms with Gasteiger partial charge in [0, 0.05) is 16.2 Å². The molecule has 3 nitrogen and oxygen atoms in total. The smallest absolute Gasteiger partial charge is 0.120 e. The molecule has 0 saturated heterocycles. The average Bonchev–Trinajstić information content (AvgIpc) is 2.39. The summed E-state index contributed by atoms with van der Waals surface area (Å²) < 4.78 is 6.08. The summed E-state index contributed by atoms with van der Waals surface area (Å²) >= 11 is 3.39. The molecule has 4 heteroatoms. The van der Waals surface area contributed by atoms with Crippen LogP contribution >= 0.6 is 15.9 Å². The highest BCUT2D eigenvalue weighted by Gasteiger charge is 2.03. The van der Waals surface area contributed by atoms with Crippen molar-refractivity contribution in [2.75, 3.05) is 12.4 Å². The van der Waals surface area contributed by atoms with E-state index in [9.17, 15) is 0 Å². The molecule has 2 rings (SSSR count). The topological polar surface area (TPSA) is 45.0 Å². The zero-order valence-corrected chi connectivity index (χ0v) is 11.4. The summed E-state index contributed by atoms with van der Waals surface area (Å²) in [5, 5.41) is 12.3. The third-order valence-electron chi connectivity index (χ3n) is 2.45. The molecular weight excluding hydrogens is 292 g/mol. The van der Waals surface area contributed by atoms with Gasteiger partial charge in [-0.25, -0.2) is 0 Å². The third kappa shape index (κ3) is 2.82. The Bertz CT molecular complexity index is 605. The highest BCUT2D eigenvalue weighted by molar-refractivity contribution is 9.10. The van der Waals surface area contributed by atoms with E-state index in [-0.39, 0.29) is 0 Å². The van der Waals surface area contributed by atoms with Crippen molar-refractivity contribution in [3.05, 3.63) is 52.5 Å². The summed E-state index contributed by atoms with van der Waals surface area (Å²) in [5.41, 5.74) is 2.24. The van der Waals surface area contributed by atoms with E-state index >= 15 is 0 Å². The molecule has 0 aliphatic heterocycles. The first-order chi connectivity index (χ1) is 8.72. The average molecular weight is 303 g/mol. The molecule has 0 aliphatic rings. The maximum absolute atomic E-state index is 9.06. The van der Waals surface area contributed by atoms with Crippen molar-refractivity contribution < 1.29 is 4.74 Å². The Morgan fingerprint density at radius 1 is 1.22 bits per heavy atom. The molecule has 0 heterocycles. The Labute approximate surface area is 114 Å². The van der Waals surface area contributed by atoms with Gasteiger partial charge in [-0.3, -0.25) is 0 Å². The van der Waals surface area contributed by atoms with Gasteiger partial charge in [-0.1, -0.05) is 22.0 Å². The molecule has 0 bridgehead atoms. The molecule has 2 aromatic rings. The monoisotopic (exact) mass is 302 g/mol. The standard InChI is InChI=1S/C14H11BrN2O/c1-18-13-4-2-3-12(8-13)17-14-7-11(15)6-5-10(14)9-16/h2-8,17H,1H3. The molecule has 0 unspecified atom stereocenters. The van der Waals surface area contributed by atoms with Crippen molar-refractivity contribution in [3.63, 3.8) is 0 Å². The Hall–Kier alpha value is -1.99. The minimum Gasteiger partial charge on any atom is -0.497 e. The predicted octanol–water partition coefficient (Wildman–Crippen LogP) is 4.07. The second-order valence-electron chi connectivity index (χ2n) is 3.66. The fraction of sp³-hybridized carbons (Fsp3) is 0.0714. The first kappa shape index (κ1) is 12.5. The van der Waals surface area contributed by atoms with E-state index in [1.165, 1.54) is 0 Å². The molecular formula is C14H11BrN2O. The SMILES string of the molecule is COc1cccc(Nc2cc(Br)ccc2C#N)c1. The van der Waals surface area contributed by atoms with Crippen LogP contribution in [0.5, 0.6) is 5.75 Å². The van der Waals surface area contributed by atoms with Crippen LogP contribution in [0, 0.1) is 11.3 Å². The Kier molecular flexibility index (Phi) is 3.85. The van der Waals surface area contributed by atoms with Gasteiger partial charge in [0.25, 0.3) is 0 Å². The summed E-state index contributed by atoms with van der Waals surface area (Å²) in [5.74, 6) is 0.772. The van der Waals surface area contributed by atoms with Gasteiger partial charge in [-0.2, -0.15) is 5.26 Å². The Morgan fingerprint density at radius 2 is 2.06 bits per heavy atom. The maximum atomic E-state index is 9.06. The molecule has 0 amide bonds. The molecule has 0 fully saturated rings. The minimum atomic E-state index is 0.598. The molecule has 0 radical (unpaired) electrons. The zero-order chi connectivity index (χ0) is 13.0. The summed E-state index contributed by atoms with van der Waals surface area (Å²) in [4.78, 5) is 0. The van der Waals surface area contributed by atoms with Crippen LogP contribution in [-0.4, -0.2) is 7.11 Å². The van der Waals surface area contributed by atoms with Crippen LogP contribution in [0.1, 0.15) is 5.56 Å². The second-order valence-corrected chi connectivity index (χ2v) is 4.57. The number of nitrogens with zero attached hydrogens (tertiary/aromatic N) is 1. The zero-order valence-electron chi connectivity index (χ0n) is 9.77. The van der Waals surface area contributed by atoms with Gasteiger partial charge in [0.05, 0.1) is 18.4 Å². The molecule has 0 atom stereocenters. The molecule has 18 heavy (non-hydrogen) atoms. The van der Waals surface area contributed by atoms with Crippen molar-refractivity contribution in [3.8, 4) is 11.8 Å². The number of nitrogens with one attached hydrogen (secondary N) is 1. The number of anilines is 2. The number of methoxy groups -OCH3 is 1. The van der Waals surface area contributed by atoms with Crippen molar-refractivity contribution >= 4 is 27.3 Å². The molecule has 0 aliphatic carbocycles. The van der Waals surface area contributed by atoms with Crippen molar-refractivity contribution in [2.45, 2.75) is 0 Å². The van der Waals surface area contributed by atoms with Gasteiger partial charge in [-0.15, -0.1) is 0 Å². The summed E-state index contributed by atoms with van der Waals surface area (Å²) in [6.45, 7) is 0. The van der Waals surface area contributed by atoms with Gasteiger partial charge in [0.2, 0.25) is 0 Å². The normalized spacial score (nSPS) is 9.61. The summed E-state index contributed by atoms with van der Waals surface area (Å²) in [7, 11) is 1.62. The lowest BCUT2D eigenvalue weighted by atomic mass is 10.2. The second kappa shape index (κ2) is 5.56. The van der Waals surface area contributed by atoms with Crippen molar-refractivity contribution in [2.24, 2.45) is 0 Å². The number of hydrogen-bond acceptors (Lipinski definition) is 3. The van der Waals surface area contributed by atoms with E-state index in [0.717, 1.165) is 21.6 Å². The lowest BCUT2D eigenvalue weighted by Gasteiger charge is -2.09. The number of ether oxygens (including phenoxy) is 1. The van der Waals surface area contributed by atoms with Crippen LogP contribution in [-0.2, 0) is 0 Å². The molecule has 0 saturated carbocycles. The van der Waals surface area contributed by atoms with Crippen LogP contribution in [0.2, 0.25) is 0 Å². The molecule has 2 aromatic carbocycles. The van der Waals surface area contributed by atoms with Crippen LogP contribution in [0.3, 0.4) is 0 Å². The summed E-state index contributed by atoms with van der Waals surface area (Å²) in [6.07, 6.45) is 0. The van der Waals surface area contributed by atoms with Crippen LogP contribution in [0.4, 0.5) is 11.4 Å². The van der Waals surface area contributed by atoms with Gasteiger partial charge in [-0.05, 0) is 30.3 Å². The highest BCUT2D eigenvalue weighted by Crippen LogP contribution is 2.26. The predicted molar refractivity (Wildman–Crippen MR) is 75.1 cm³/mol. The van der Waals surface area contributed by atoms with Gasteiger partial charge in [0.1, 0.15) is 11.8 Å². The maximum Gasteiger partial charge on any atom is 0.120 e. The number of benzene rings is 2. The number of rotatable bonds is 3. The third-order valence-corrected chi connectivity index (χ3v) is 2.94. The number of nitriles is 1. The number of hydrogen-bond donors (Lipinski definition) is 1. The largest absolute Gasteiger partial charge is 0.497 e. The van der Waals surface area contributed by atoms with Crippen molar-refractivity contribution in [1.82, 2.24) is 0 Å². The van der Waals surface area contributed by atoms with Gasteiger partial charge >= 0.3 is 0 Å². The van der Waals surface area contributed by atoms with Gasteiger partial charge < -0.3 is 10.1 Å². The molecule has 90 valence electrons. The summed E-state index contributed by atoms with van der Waals surface area (Å²) in [6, 6.07) is 15.2. The van der Waals surface area contributed by atoms with Crippen LogP contribution < -0.4 is 10.1 Å². The van der Waals surface area contributed by atoms with Crippen LogP contribution in [0.25, 0.3) is 0 Å². The van der Waals surface area contributed by atoms with E-state index < -0.39 is 0 Å². The van der Waals surface area contributed by atoms with E-state index in [2.05, 4.69) is 27.3 Å². The Balaban J connectivity index is 2.33. The molecule has 1 N–H and O–H groups in total. The first-order valence-electron chi connectivity index (χ1n) is 5.33. The van der Waals surface area contributed by atoms with Crippen molar-refractivity contribution in [1.29, 1.82) is 5.26 Å². The first-order valence-corrected chi connectivity index (χ1v) is 6.13. The van der Waals surface area contributed by atoms with Gasteiger partial charge in [0.15, 0.2) is 0 Å². The van der Waals surface area contributed by atoms with E-state index in [1.807, 2.05) is 36.4 Å². The molecule has 0 aromatic heterocycles. The molecule has 0 spiro atoms. The van der Waals surface area contributed by atoms with E-state index in [0.29, 0.717) is 5.56 Å². The van der Waals surface area contributed by atoms with E-state index in [4.69, 9.17) is 10.00 Å². The lowest BCUT2D eigenvalue weighted by molar-refractivity contribution is 0.415. The minimum absolute atomic E-state index is 0.598. The highest BCUT2D eigenvalue weighted by atomic mass is 79.9. The number of halogens is 1. The lowest BCUT2D eigenvalue weighted by Crippen LogP contribution is -1.94. The Morgan fingerprint density at radius 3 is 2.78 bits per heavy atom.